The number of aliphatic hydroxyl groups is 1. The van der Waals surface area contributed by atoms with Crippen LogP contribution in [0.15, 0.2) is 29.5 Å². The van der Waals surface area contributed by atoms with Gasteiger partial charge in [0.05, 0.1) is 5.69 Å². The number of nitrogens with one attached hydrogen (secondary N) is 2. The topological polar surface area (TPSA) is 99.5 Å². The molecular formula is C22H31N5O2. The first kappa shape index (κ1) is 22.5. The molecule has 0 aliphatic heterocycles. The van der Waals surface area contributed by atoms with E-state index in [-0.39, 0.29) is 12.5 Å². The van der Waals surface area contributed by atoms with Crippen molar-refractivity contribution in [3.8, 4) is 0 Å². The minimum absolute atomic E-state index is 0.0332. The Morgan fingerprint density at radius 3 is 2.69 bits per heavy atom. The summed E-state index contributed by atoms with van der Waals surface area (Å²) < 4.78 is 0. The van der Waals surface area contributed by atoms with Crippen molar-refractivity contribution in [1.29, 1.82) is 0 Å². The number of nitrogens with zero attached hydrogens (tertiary/aromatic N) is 3. The zero-order chi connectivity index (χ0) is 21.4. The molecule has 1 aromatic carbocycles. The minimum Gasteiger partial charge on any atom is -0.396 e. The Morgan fingerprint density at radius 1 is 1.24 bits per heavy atom. The fourth-order valence-electron chi connectivity index (χ4n) is 2.90. The molecule has 1 amide bonds. The molecule has 0 spiro atoms. The summed E-state index contributed by atoms with van der Waals surface area (Å²) in [5.74, 6) is 0.809. The largest absolute Gasteiger partial charge is 0.396 e. The molecule has 3 N–H and O–H groups in total. The number of carbonyl (C=O) groups is 1. The molecule has 2 rings (SSSR count). The highest BCUT2D eigenvalue weighted by Crippen LogP contribution is 2.30. The number of anilines is 2. The van der Waals surface area contributed by atoms with E-state index in [1.807, 2.05) is 13.0 Å². The van der Waals surface area contributed by atoms with Gasteiger partial charge in [-0.05, 0) is 51.2 Å². The summed E-state index contributed by atoms with van der Waals surface area (Å²) in [6.45, 7) is 10.4. The monoisotopic (exact) mass is 397 g/mol. The van der Waals surface area contributed by atoms with Crippen molar-refractivity contribution in [1.82, 2.24) is 15.3 Å². The number of benzene rings is 1. The van der Waals surface area contributed by atoms with E-state index in [1.165, 1.54) is 17.5 Å². The molecule has 2 aromatic rings. The third kappa shape index (κ3) is 6.64. The second-order valence-electron chi connectivity index (χ2n) is 7.57. The standard InChI is InChI=1S/C22H31N5O2/c1-14(2)11-18-12-15(3)7-8-19(18)27-21-20(16(4)24-13-25-21)26-17(5)22(29)23-9-6-10-28/h7-8,12-14,28H,6,9-11H2,1-5H3,(H,23,29)(H,24,25,27)/b26-17+. The lowest BCUT2D eigenvalue weighted by Crippen LogP contribution is -2.30. The molecule has 0 aliphatic carbocycles. The van der Waals surface area contributed by atoms with E-state index >= 15 is 0 Å². The Labute approximate surface area is 172 Å². The fraction of sp³-hybridized carbons (Fsp3) is 0.455. The Bertz CT molecular complexity index is 878. The van der Waals surface area contributed by atoms with Crippen LogP contribution in [0.1, 0.15) is 44.0 Å². The molecule has 0 unspecified atom stereocenters. The fourth-order valence-corrected chi connectivity index (χ4v) is 2.90. The van der Waals surface area contributed by atoms with Gasteiger partial charge < -0.3 is 15.7 Å². The number of rotatable bonds is 9. The van der Waals surface area contributed by atoms with Gasteiger partial charge >= 0.3 is 0 Å². The normalized spacial score (nSPS) is 11.6. The van der Waals surface area contributed by atoms with Crippen LogP contribution < -0.4 is 10.6 Å². The Kier molecular flexibility index (Phi) is 8.27. The molecule has 0 radical (unpaired) electrons. The zero-order valence-corrected chi connectivity index (χ0v) is 17.9. The molecule has 156 valence electrons. The first-order valence-corrected chi connectivity index (χ1v) is 9.94. The lowest BCUT2D eigenvalue weighted by molar-refractivity contribution is -0.114. The first-order valence-electron chi connectivity index (χ1n) is 9.94. The van der Waals surface area contributed by atoms with Gasteiger partial charge in [-0.3, -0.25) is 4.79 Å². The zero-order valence-electron chi connectivity index (χ0n) is 17.9. The highest BCUT2D eigenvalue weighted by atomic mass is 16.3. The molecule has 1 aromatic heterocycles. The second-order valence-corrected chi connectivity index (χ2v) is 7.57. The van der Waals surface area contributed by atoms with Crippen molar-refractivity contribution in [2.75, 3.05) is 18.5 Å². The van der Waals surface area contributed by atoms with Crippen LogP contribution in [0.25, 0.3) is 0 Å². The van der Waals surface area contributed by atoms with E-state index in [4.69, 9.17) is 5.11 Å². The summed E-state index contributed by atoms with van der Waals surface area (Å²) in [6, 6.07) is 6.29. The molecule has 7 nitrogen and oxygen atoms in total. The average molecular weight is 398 g/mol. The van der Waals surface area contributed by atoms with Crippen molar-refractivity contribution in [3.63, 3.8) is 0 Å². The van der Waals surface area contributed by atoms with Crippen LogP contribution in [-0.4, -0.2) is 39.8 Å². The SMILES string of the molecule is C/C(=N\c1c(C)ncnc1Nc1ccc(C)cc1CC(C)C)C(=O)NCCCO. The molecule has 7 heteroatoms. The van der Waals surface area contributed by atoms with Gasteiger partial charge in [-0.15, -0.1) is 0 Å². The lowest BCUT2D eigenvalue weighted by Gasteiger charge is -2.16. The van der Waals surface area contributed by atoms with Crippen molar-refractivity contribution >= 4 is 28.8 Å². The Balaban J connectivity index is 2.34. The summed E-state index contributed by atoms with van der Waals surface area (Å²) in [5.41, 5.74) is 4.93. The van der Waals surface area contributed by atoms with Crippen molar-refractivity contribution < 1.29 is 9.90 Å². The van der Waals surface area contributed by atoms with Crippen LogP contribution in [0.3, 0.4) is 0 Å². The predicted octanol–water partition coefficient (Wildman–Crippen LogP) is 3.63. The molecule has 0 saturated carbocycles. The Morgan fingerprint density at radius 2 is 2.00 bits per heavy atom. The number of carbonyl (C=O) groups excluding carboxylic acids is 1. The van der Waals surface area contributed by atoms with E-state index in [1.54, 1.807) is 6.92 Å². The average Bonchev–Trinajstić information content (AvgIpc) is 2.66. The number of hydrogen-bond donors (Lipinski definition) is 3. The lowest BCUT2D eigenvalue weighted by atomic mass is 9.99. The third-order valence-corrected chi connectivity index (χ3v) is 4.38. The molecule has 0 atom stereocenters. The van der Waals surface area contributed by atoms with Crippen LogP contribution in [0.4, 0.5) is 17.2 Å². The minimum atomic E-state index is -0.275. The van der Waals surface area contributed by atoms with Crippen molar-refractivity contribution in [2.24, 2.45) is 10.9 Å². The number of aryl methyl sites for hydroxylation is 2. The number of hydrogen-bond acceptors (Lipinski definition) is 6. The molecule has 0 aliphatic rings. The third-order valence-electron chi connectivity index (χ3n) is 4.38. The smallest absolute Gasteiger partial charge is 0.265 e. The van der Waals surface area contributed by atoms with Gasteiger partial charge in [-0.2, -0.15) is 0 Å². The predicted molar refractivity (Wildman–Crippen MR) is 117 cm³/mol. The van der Waals surface area contributed by atoms with Crippen LogP contribution in [0.2, 0.25) is 0 Å². The number of aliphatic imine (C=N–C) groups is 1. The van der Waals surface area contributed by atoms with Crippen molar-refractivity contribution in [3.05, 3.63) is 41.3 Å². The van der Waals surface area contributed by atoms with Gasteiger partial charge in [0.2, 0.25) is 0 Å². The van der Waals surface area contributed by atoms with E-state index in [0.29, 0.717) is 41.8 Å². The van der Waals surface area contributed by atoms with Crippen LogP contribution in [0, 0.1) is 19.8 Å². The van der Waals surface area contributed by atoms with Gasteiger partial charge in [0.1, 0.15) is 17.7 Å². The maximum atomic E-state index is 12.2. The summed E-state index contributed by atoms with van der Waals surface area (Å²) in [5, 5.41) is 15.0. The van der Waals surface area contributed by atoms with Crippen LogP contribution in [0.5, 0.6) is 0 Å². The molecule has 29 heavy (non-hydrogen) atoms. The highest BCUT2D eigenvalue weighted by molar-refractivity contribution is 6.38. The highest BCUT2D eigenvalue weighted by Gasteiger charge is 2.14. The molecular weight excluding hydrogens is 366 g/mol. The molecule has 1 heterocycles. The van der Waals surface area contributed by atoms with Crippen molar-refractivity contribution in [2.45, 2.75) is 47.5 Å². The van der Waals surface area contributed by atoms with Crippen LogP contribution in [-0.2, 0) is 11.2 Å². The van der Waals surface area contributed by atoms with E-state index in [0.717, 1.165) is 12.1 Å². The van der Waals surface area contributed by atoms with Crippen LogP contribution >= 0.6 is 0 Å². The van der Waals surface area contributed by atoms with Gasteiger partial charge in [-0.25, -0.2) is 15.0 Å². The van der Waals surface area contributed by atoms with Gasteiger partial charge in [0, 0.05) is 18.8 Å². The van der Waals surface area contributed by atoms with E-state index in [9.17, 15) is 4.79 Å². The van der Waals surface area contributed by atoms with E-state index in [2.05, 4.69) is 58.5 Å². The van der Waals surface area contributed by atoms with E-state index < -0.39 is 0 Å². The number of aliphatic hydroxyl groups excluding tert-OH is 1. The summed E-state index contributed by atoms with van der Waals surface area (Å²) in [7, 11) is 0. The Hall–Kier alpha value is -2.80. The summed E-state index contributed by atoms with van der Waals surface area (Å²) in [4.78, 5) is 25.3. The van der Waals surface area contributed by atoms with Gasteiger partial charge in [0.25, 0.3) is 5.91 Å². The molecule has 0 saturated heterocycles. The number of amides is 1. The first-order chi connectivity index (χ1) is 13.8. The molecule has 0 bridgehead atoms. The summed E-state index contributed by atoms with van der Waals surface area (Å²) >= 11 is 0. The second kappa shape index (κ2) is 10.7. The van der Waals surface area contributed by atoms with Gasteiger partial charge in [0.15, 0.2) is 5.82 Å². The molecule has 0 fully saturated rings. The summed E-state index contributed by atoms with van der Waals surface area (Å²) in [6.07, 6.45) is 2.94. The maximum Gasteiger partial charge on any atom is 0.265 e. The maximum absolute atomic E-state index is 12.2. The number of aromatic nitrogens is 2. The quantitative estimate of drug-likeness (QED) is 0.443. The van der Waals surface area contributed by atoms with Gasteiger partial charge in [-0.1, -0.05) is 31.5 Å².